The summed E-state index contributed by atoms with van der Waals surface area (Å²) in [4.78, 5) is 46.2. The molecule has 2 amide bonds. The van der Waals surface area contributed by atoms with Crippen molar-refractivity contribution in [1.29, 1.82) is 0 Å². The average molecular weight is 585 g/mol. The van der Waals surface area contributed by atoms with E-state index in [1.54, 1.807) is 53.0 Å². The first-order valence-electron chi connectivity index (χ1n) is 14.6. The molecule has 2 unspecified atom stereocenters. The quantitative estimate of drug-likeness (QED) is 0.194. The van der Waals surface area contributed by atoms with Crippen LogP contribution in [-0.2, 0) is 19.1 Å². The lowest BCUT2D eigenvalue weighted by Crippen LogP contribution is -2.58. The highest BCUT2D eigenvalue weighted by Gasteiger charge is 2.78. The van der Waals surface area contributed by atoms with Crippen LogP contribution in [0, 0.1) is 17.8 Å². The van der Waals surface area contributed by atoms with Crippen molar-refractivity contribution in [3.05, 3.63) is 49.6 Å². The predicted octanol–water partition coefficient (Wildman–Crippen LogP) is 4.61. The molecule has 0 saturated carbocycles. The van der Waals surface area contributed by atoms with Gasteiger partial charge in [-0.25, -0.2) is 0 Å². The fraction of sp³-hybridized carbons (Fsp3) is 0.594. The van der Waals surface area contributed by atoms with Crippen LogP contribution in [0.15, 0.2) is 49.6 Å². The van der Waals surface area contributed by atoms with Crippen LogP contribution in [0.2, 0.25) is 0 Å². The maximum atomic E-state index is 14.8. The topological polar surface area (TPSA) is 96.4 Å². The summed E-state index contributed by atoms with van der Waals surface area (Å²) < 4.78 is 9.71. The van der Waals surface area contributed by atoms with Gasteiger partial charge in [0.2, 0.25) is 5.91 Å². The molecular weight excluding hydrogens is 540 g/mol. The van der Waals surface area contributed by atoms with Gasteiger partial charge in [0, 0.05) is 17.0 Å². The Labute approximate surface area is 248 Å². The number of esters is 1. The highest BCUT2D eigenvalue weighted by Crippen LogP contribution is 2.72. The van der Waals surface area contributed by atoms with Crippen molar-refractivity contribution in [2.45, 2.75) is 74.5 Å². The number of thioether (sulfide) groups is 1. The van der Waals surface area contributed by atoms with Crippen LogP contribution in [0.3, 0.4) is 0 Å². The van der Waals surface area contributed by atoms with Crippen LogP contribution in [0.5, 0.6) is 5.75 Å². The molecule has 1 aromatic rings. The van der Waals surface area contributed by atoms with E-state index in [9.17, 15) is 19.5 Å². The zero-order valence-corrected chi connectivity index (χ0v) is 25.5. The van der Waals surface area contributed by atoms with Crippen LogP contribution in [0.1, 0.15) is 52.9 Å². The number of rotatable bonds is 14. The van der Waals surface area contributed by atoms with Crippen molar-refractivity contribution in [2.24, 2.45) is 17.8 Å². The monoisotopic (exact) mass is 584 g/mol. The fourth-order valence-electron chi connectivity index (χ4n) is 7.02. The van der Waals surface area contributed by atoms with E-state index in [4.69, 9.17) is 9.47 Å². The summed E-state index contributed by atoms with van der Waals surface area (Å²) in [5.41, 5.74) is 0.661. The van der Waals surface area contributed by atoms with Crippen molar-refractivity contribution in [3.8, 4) is 5.75 Å². The molecule has 1 spiro atoms. The molecule has 224 valence electrons. The SMILES string of the molecule is C=CCCCOC(=O)[C@@H]1[C@H]2C(=O)N([C@@H](CO)[C@@H](C)CC)C(C(=O)N(CC=C)c3ccc(OC)cc3)C23CC[C@@]1(C)S3. The standard InChI is InChI=1S/C32H44N2O6S/c1-7-10-11-19-40-30(38)26-25-28(36)34(24(20-35)21(4)9-3)27(32(25)17-16-31(26,5)41-32)29(37)33(18-8-2)22-12-14-23(39-6)15-13-22/h7-8,12-15,21,24-27,35H,1-2,9-11,16-20H2,3-6H3/t21-,24-,25-,26-,27?,31+,32?/m0/s1. The molecule has 0 aromatic heterocycles. The normalized spacial score (nSPS) is 29.5. The van der Waals surface area contributed by atoms with Gasteiger partial charge >= 0.3 is 5.97 Å². The summed E-state index contributed by atoms with van der Waals surface area (Å²) in [6.07, 6.45) is 6.90. The van der Waals surface area contributed by atoms with E-state index >= 15 is 0 Å². The largest absolute Gasteiger partial charge is 0.497 e. The highest BCUT2D eigenvalue weighted by atomic mass is 32.2. The maximum absolute atomic E-state index is 14.8. The summed E-state index contributed by atoms with van der Waals surface area (Å²) in [5, 5.41) is 10.6. The van der Waals surface area contributed by atoms with Crippen molar-refractivity contribution in [3.63, 3.8) is 0 Å². The number of ether oxygens (including phenoxy) is 2. The van der Waals surface area contributed by atoms with Gasteiger partial charge in [0.15, 0.2) is 0 Å². The number of carbonyl (C=O) groups is 3. The molecule has 3 heterocycles. The maximum Gasteiger partial charge on any atom is 0.311 e. The Balaban J connectivity index is 1.79. The van der Waals surface area contributed by atoms with Crippen LogP contribution < -0.4 is 9.64 Å². The molecular formula is C32H44N2O6S. The molecule has 3 aliphatic rings. The second-order valence-corrected chi connectivity index (χ2v) is 13.5. The lowest BCUT2D eigenvalue weighted by atomic mass is 9.66. The third kappa shape index (κ3) is 5.31. The number of likely N-dealkylation sites (tertiary alicyclic amines) is 1. The molecule has 1 N–H and O–H groups in total. The van der Waals surface area contributed by atoms with E-state index in [2.05, 4.69) is 13.2 Å². The Kier molecular flexibility index (Phi) is 9.59. The smallest absolute Gasteiger partial charge is 0.311 e. The lowest BCUT2D eigenvalue weighted by molar-refractivity contribution is -0.156. The molecule has 3 fully saturated rings. The predicted molar refractivity (Wildman–Crippen MR) is 162 cm³/mol. The van der Waals surface area contributed by atoms with Crippen LogP contribution in [0.25, 0.3) is 0 Å². The molecule has 1 aromatic carbocycles. The van der Waals surface area contributed by atoms with E-state index in [-0.39, 0.29) is 43.5 Å². The number of fused-ring (bicyclic) bond motifs is 1. The molecule has 3 aliphatic heterocycles. The van der Waals surface area contributed by atoms with Crippen LogP contribution in [-0.4, -0.2) is 76.2 Å². The number of anilines is 1. The van der Waals surface area contributed by atoms with E-state index < -0.39 is 33.4 Å². The molecule has 8 nitrogen and oxygen atoms in total. The van der Waals surface area contributed by atoms with Crippen molar-refractivity contribution in [2.75, 3.05) is 31.8 Å². The van der Waals surface area contributed by atoms with Gasteiger partial charge in [-0.15, -0.1) is 24.9 Å². The first-order chi connectivity index (χ1) is 19.6. The number of allylic oxidation sites excluding steroid dienone is 1. The number of hydrogen-bond acceptors (Lipinski definition) is 7. The van der Waals surface area contributed by atoms with Gasteiger partial charge in [0.25, 0.3) is 5.91 Å². The van der Waals surface area contributed by atoms with Gasteiger partial charge in [-0.1, -0.05) is 32.4 Å². The molecule has 3 saturated heterocycles. The second-order valence-electron chi connectivity index (χ2n) is 11.6. The molecule has 0 radical (unpaired) electrons. The van der Waals surface area contributed by atoms with Crippen LogP contribution >= 0.6 is 11.8 Å². The molecule has 0 aliphatic carbocycles. The van der Waals surface area contributed by atoms with Gasteiger partial charge in [0.05, 0.1) is 42.9 Å². The van der Waals surface area contributed by atoms with Gasteiger partial charge in [-0.3, -0.25) is 14.4 Å². The van der Waals surface area contributed by atoms with Crippen molar-refractivity contribution in [1.82, 2.24) is 4.90 Å². The molecule has 2 bridgehead atoms. The van der Waals surface area contributed by atoms with Crippen LogP contribution in [0.4, 0.5) is 5.69 Å². The zero-order valence-electron chi connectivity index (χ0n) is 24.7. The Morgan fingerprint density at radius 3 is 2.54 bits per heavy atom. The number of unbranched alkanes of at least 4 members (excludes halogenated alkanes) is 1. The van der Waals surface area contributed by atoms with Gasteiger partial charge < -0.3 is 24.4 Å². The van der Waals surface area contributed by atoms with Gasteiger partial charge in [0.1, 0.15) is 11.8 Å². The summed E-state index contributed by atoms with van der Waals surface area (Å²) in [7, 11) is 1.59. The first-order valence-corrected chi connectivity index (χ1v) is 15.4. The highest BCUT2D eigenvalue weighted by molar-refractivity contribution is 8.02. The summed E-state index contributed by atoms with van der Waals surface area (Å²) in [5.74, 6) is -1.59. The number of hydrogen-bond donors (Lipinski definition) is 1. The number of aliphatic hydroxyl groups is 1. The van der Waals surface area contributed by atoms with E-state index in [0.29, 0.717) is 30.7 Å². The van der Waals surface area contributed by atoms with Crippen molar-refractivity contribution >= 4 is 35.2 Å². The minimum atomic E-state index is -0.849. The number of methoxy groups -OCH3 is 1. The third-order valence-electron chi connectivity index (χ3n) is 9.31. The molecule has 4 rings (SSSR count). The number of nitrogens with zero attached hydrogens (tertiary/aromatic N) is 2. The number of amides is 2. The average Bonchev–Trinajstić information content (AvgIpc) is 3.54. The first kappa shape index (κ1) is 31.2. The summed E-state index contributed by atoms with van der Waals surface area (Å²) >= 11 is 1.61. The number of benzene rings is 1. The summed E-state index contributed by atoms with van der Waals surface area (Å²) in [6.45, 7) is 13.9. The Morgan fingerprint density at radius 2 is 1.95 bits per heavy atom. The fourth-order valence-corrected chi connectivity index (χ4v) is 9.35. The zero-order chi connectivity index (χ0) is 29.9. The Bertz CT molecular complexity index is 1160. The number of aliphatic hydroxyl groups excluding tert-OH is 1. The lowest BCUT2D eigenvalue weighted by Gasteiger charge is -2.41. The van der Waals surface area contributed by atoms with E-state index in [1.807, 2.05) is 32.9 Å². The van der Waals surface area contributed by atoms with E-state index in [0.717, 1.165) is 12.8 Å². The molecule has 9 heteroatoms. The molecule has 7 atom stereocenters. The minimum Gasteiger partial charge on any atom is -0.497 e. The summed E-state index contributed by atoms with van der Waals surface area (Å²) in [6, 6.07) is 5.82. The Morgan fingerprint density at radius 1 is 1.24 bits per heavy atom. The number of carbonyl (C=O) groups excluding carboxylic acids is 3. The minimum absolute atomic E-state index is 0.0505. The third-order valence-corrected chi connectivity index (χ3v) is 11.3. The van der Waals surface area contributed by atoms with Crippen molar-refractivity contribution < 1.29 is 29.0 Å². The van der Waals surface area contributed by atoms with Gasteiger partial charge in [-0.2, -0.15) is 0 Å². The van der Waals surface area contributed by atoms with E-state index in [1.165, 1.54) is 0 Å². The molecule has 41 heavy (non-hydrogen) atoms. The second kappa shape index (κ2) is 12.6. The Hall–Kier alpha value is -2.78. The van der Waals surface area contributed by atoms with Gasteiger partial charge in [-0.05, 0) is 62.8 Å².